The van der Waals surface area contributed by atoms with Crippen molar-refractivity contribution in [1.29, 1.82) is 0 Å². The number of furan rings is 1. The third-order valence-electron chi connectivity index (χ3n) is 4.41. The SMILES string of the molecule is CCONC(=O)c1ccc(CN(Cc2cccc(F)c2)Cc2cccc(OC)c2)o1. The van der Waals surface area contributed by atoms with Crippen LogP contribution in [0, 0.1) is 5.82 Å². The van der Waals surface area contributed by atoms with Crippen molar-refractivity contribution >= 4 is 5.91 Å². The van der Waals surface area contributed by atoms with Gasteiger partial charge in [0, 0.05) is 13.1 Å². The Hall–Kier alpha value is -3.16. The molecule has 0 saturated carbocycles. The van der Waals surface area contributed by atoms with E-state index in [2.05, 4.69) is 10.4 Å². The minimum absolute atomic E-state index is 0.172. The van der Waals surface area contributed by atoms with E-state index in [9.17, 15) is 9.18 Å². The fraction of sp³-hybridized carbons (Fsp3) is 0.261. The first-order chi connectivity index (χ1) is 14.6. The number of methoxy groups -OCH3 is 1. The van der Waals surface area contributed by atoms with Crippen molar-refractivity contribution in [3.8, 4) is 5.75 Å². The molecule has 0 saturated heterocycles. The van der Waals surface area contributed by atoms with E-state index < -0.39 is 5.91 Å². The van der Waals surface area contributed by atoms with E-state index in [1.807, 2.05) is 30.3 Å². The molecule has 3 aromatic rings. The van der Waals surface area contributed by atoms with Crippen LogP contribution >= 0.6 is 0 Å². The van der Waals surface area contributed by atoms with Gasteiger partial charge in [-0.1, -0.05) is 24.3 Å². The predicted octanol–water partition coefficient (Wildman–Crippen LogP) is 4.31. The number of hydroxylamine groups is 1. The summed E-state index contributed by atoms with van der Waals surface area (Å²) in [6.45, 7) is 3.68. The second-order valence-corrected chi connectivity index (χ2v) is 6.76. The van der Waals surface area contributed by atoms with Crippen LogP contribution in [0.2, 0.25) is 0 Å². The van der Waals surface area contributed by atoms with Crippen molar-refractivity contribution < 1.29 is 23.2 Å². The first-order valence-corrected chi connectivity index (χ1v) is 9.68. The van der Waals surface area contributed by atoms with Gasteiger partial charge in [0.1, 0.15) is 17.3 Å². The third kappa shape index (κ3) is 6.17. The first kappa shape index (κ1) is 21.5. The quantitative estimate of drug-likeness (QED) is 0.503. The van der Waals surface area contributed by atoms with E-state index in [0.29, 0.717) is 32.0 Å². The Morgan fingerprint density at radius 3 is 2.47 bits per heavy atom. The Kier molecular flexibility index (Phi) is 7.59. The van der Waals surface area contributed by atoms with E-state index in [1.54, 1.807) is 32.2 Å². The number of carbonyl (C=O) groups excluding carboxylic acids is 1. The van der Waals surface area contributed by atoms with Crippen LogP contribution in [0.5, 0.6) is 5.75 Å². The van der Waals surface area contributed by atoms with E-state index in [0.717, 1.165) is 16.9 Å². The molecule has 0 atom stereocenters. The lowest BCUT2D eigenvalue weighted by Crippen LogP contribution is -2.23. The van der Waals surface area contributed by atoms with Gasteiger partial charge in [0.15, 0.2) is 5.76 Å². The number of hydrogen-bond donors (Lipinski definition) is 1. The Labute approximate surface area is 175 Å². The molecule has 3 rings (SSSR count). The molecule has 0 radical (unpaired) electrons. The molecule has 0 aliphatic heterocycles. The summed E-state index contributed by atoms with van der Waals surface area (Å²) in [6, 6.07) is 17.6. The van der Waals surface area contributed by atoms with Gasteiger partial charge in [0.25, 0.3) is 0 Å². The number of nitrogens with zero attached hydrogens (tertiary/aromatic N) is 1. The van der Waals surface area contributed by atoms with E-state index in [-0.39, 0.29) is 11.6 Å². The first-order valence-electron chi connectivity index (χ1n) is 9.68. The summed E-state index contributed by atoms with van der Waals surface area (Å²) < 4.78 is 24.6. The van der Waals surface area contributed by atoms with E-state index in [4.69, 9.17) is 14.0 Å². The molecule has 1 heterocycles. The monoisotopic (exact) mass is 412 g/mol. The van der Waals surface area contributed by atoms with E-state index in [1.165, 1.54) is 12.1 Å². The van der Waals surface area contributed by atoms with Crippen LogP contribution in [0.1, 0.15) is 34.4 Å². The maximum absolute atomic E-state index is 13.7. The second-order valence-electron chi connectivity index (χ2n) is 6.76. The molecular formula is C23H25FN2O4. The summed E-state index contributed by atoms with van der Waals surface area (Å²) in [5.74, 6) is 0.849. The van der Waals surface area contributed by atoms with Crippen molar-refractivity contribution in [2.45, 2.75) is 26.6 Å². The summed E-state index contributed by atoms with van der Waals surface area (Å²) in [5.41, 5.74) is 4.21. The molecule has 1 N–H and O–H groups in total. The number of rotatable bonds is 10. The van der Waals surface area contributed by atoms with Crippen molar-refractivity contribution in [2.24, 2.45) is 0 Å². The normalized spacial score (nSPS) is 10.9. The largest absolute Gasteiger partial charge is 0.497 e. The zero-order valence-electron chi connectivity index (χ0n) is 17.1. The highest BCUT2D eigenvalue weighted by Crippen LogP contribution is 2.19. The van der Waals surface area contributed by atoms with Crippen molar-refractivity contribution in [3.05, 3.63) is 89.1 Å². The molecule has 1 aromatic heterocycles. The summed E-state index contributed by atoms with van der Waals surface area (Å²) in [4.78, 5) is 19.0. The van der Waals surface area contributed by atoms with Crippen molar-refractivity contribution in [1.82, 2.24) is 10.4 Å². The highest BCUT2D eigenvalue weighted by molar-refractivity contribution is 5.90. The van der Waals surface area contributed by atoms with Crippen LogP contribution in [0.4, 0.5) is 4.39 Å². The van der Waals surface area contributed by atoms with Crippen LogP contribution in [0.15, 0.2) is 65.1 Å². The molecule has 0 spiro atoms. The molecule has 0 bridgehead atoms. The molecular weight excluding hydrogens is 387 g/mol. The van der Waals surface area contributed by atoms with Gasteiger partial charge >= 0.3 is 5.91 Å². The van der Waals surface area contributed by atoms with Gasteiger partial charge in [-0.05, 0) is 54.4 Å². The van der Waals surface area contributed by atoms with Gasteiger partial charge in [0.05, 0.1) is 20.3 Å². The molecule has 0 aliphatic rings. The van der Waals surface area contributed by atoms with Gasteiger partial charge in [0.2, 0.25) is 0 Å². The van der Waals surface area contributed by atoms with Gasteiger partial charge in [-0.3, -0.25) is 14.5 Å². The number of hydrogen-bond acceptors (Lipinski definition) is 5. The highest BCUT2D eigenvalue weighted by atomic mass is 19.1. The molecule has 30 heavy (non-hydrogen) atoms. The zero-order chi connectivity index (χ0) is 21.3. The highest BCUT2D eigenvalue weighted by Gasteiger charge is 2.15. The van der Waals surface area contributed by atoms with Gasteiger partial charge in [-0.25, -0.2) is 9.87 Å². The lowest BCUT2D eigenvalue weighted by Gasteiger charge is -2.22. The van der Waals surface area contributed by atoms with Crippen LogP contribution in [0.3, 0.4) is 0 Å². The van der Waals surface area contributed by atoms with Crippen LogP contribution in [-0.4, -0.2) is 24.5 Å². The van der Waals surface area contributed by atoms with Crippen LogP contribution in [0.25, 0.3) is 0 Å². The van der Waals surface area contributed by atoms with Crippen molar-refractivity contribution in [3.63, 3.8) is 0 Å². The van der Waals surface area contributed by atoms with Gasteiger partial charge < -0.3 is 9.15 Å². The molecule has 158 valence electrons. The molecule has 0 fully saturated rings. The fourth-order valence-corrected chi connectivity index (χ4v) is 3.08. The Morgan fingerprint density at radius 2 is 1.77 bits per heavy atom. The number of amides is 1. The maximum Gasteiger partial charge on any atom is 0.310 e. The summed E-state index contributed by atoms with van der Waals surface area (Å²) in [6.07, 6.45) is 0. The van der Waals surface area contributed by atoms with Crippen molar-refractivity contribution in [2.75, 3.05) is 13.7 Å². The van der Waals surface area contributed by atoms with Crippen LogP contribution in [-0.2, 0) is 24.5 Å². The molecule has 0 aliphatic carbocycles. The fourth-order valence-electron chi connectivity index (χ4n) is 3.08. The van der Waals surface area contributed by atoms with Gasteiger partial charge in [-0.15, -0.1) is 0 Å². The number of ether oxygens (including phenoxy) is 1. The number of nitrogens with one attached hydrogen (secondary N) is 1. The minimum Gasteiger partial charge on any atom is -0.497 e. The summed E-state index contributed by atoms with van der Waals surface area (Å²) in [7, 11) is 1.63. The molecule has 2 aromatic carbocycles. The minimum atomic E-state index is -0.437. The standard InChI is InChI=1S/C23H25FN2O4/c1-3-29-25-23(27)22-11-10-21(30-22)16-26(14-17-6-4-8-19(24)12-17)15-18-7-5-9-20(13-18)28-2/h4-13H,3,14-16H2,1-2H3,(H,25,27). The maximum atomic E-state index is 13.7. The predicted molar refractivity (Wildman–Crippen MR) is 110 cm³/mol. The number of halogens is 1. The zero-order valence-corrected chi connectivity index (χ0v) is 17.1. The smallest absolute Gasteiger partial charge is 0.310 e. The average molecular weight is 412 g/mol. The van der Waals surface area contributed by atoms with Gasteiger partial charge in [-0.2, -0.15) is 0 Å². The Morgan fingerprint density at radius 1 is 1.03 bits per heavy atom. The summed E-state index contributed by atoms with van der Waals surface area (Å²) in [5, 5.41) is 0. The molecule has 6 nitrogen and oxygen atoms in total. The Bertz CT molecular complexity index is 973. The lowest BCUT2D eigenvalue weighted by molar-refractivity contribution is 0.0338. The lowest BCUT2D eigenvalue weighted by atomic mass is 10.1. The molecule has 0 unspecified atom stereocenters. The number of carbonyl (C=O) groups is 1. The third-order valence-corrected chi connectivity index (χ3v) is 4.41. The molecule has 7 heteroatoms. The van der Waals surface area contributed by atoms with E-state index >= 15 is 0 Å². The second kappa shape index (κ2) is 10.6. The average Bonchev–Trinajstić information content (AvgIpc) is 3.20. The topological polar surface area (TPSA) is 63.9 Å². The number of benzene rings is 2. The van der Waals surface area contributed by atoms with Crippen LogP contribution < -0.4 is 10.2 Å². The Balaban J connectivity index is 1.76. The molecule has 1 amide bonds. The summed E-state index contributed by atoms with van der Waals surface area (Å²) >= 11 is 0.